The summed E-state index contributed by atoms with van der Waals surface area (Å²) in [5.74, 6) is 1.31. The van der Waals surface area contributed by atoms with Crippen molar-refractivity contribution in [3.05, 3.63) is 72.8 Å². The molecule has 1 atom stereocenters. The SMILES string of the molecule is c1cncc(-c2ccc3nc([C@@H]4CCCN(Cc5ccoc5)C4)nn3c2)c1. The Morgan fingerprint density at radius 1 is 1.15 bits per heavy atom. The molecule has 0 amide bonds. The number of fused-ring (bicyclic) bond motifs is 1. The van der Waals surface area contributed by atoms with Gasteiger partial charge in [0.1, 0.15) is 0 Å². The van der Waals surface area contributed by atoms with Gasteiger partial charge in [-0.15, -0.1) is 0 Å². The molecule has 1 saturated heterocycles. The second-order valence-corrected chi connectivity index (χ2v) is 7.14. The van der Waals surface area contributed by atoms with Crippen LogP contribution in [0.3, 0.4) is 0 Å². The van der Waals surface area contributed by atoms with Gasteiger partial charge >= 0.3 is 0 Å². The number of likely N-dealkylation sites (tertiary alicyclic amines) is 1. The number of nitrogens with zero attached hydrogens (tertiary/aromatic N) is 5. The number of hydrogen-bond acceptors (Lipinski definition) is 5. The van der Waals surface area contributed by atoms with E-state index >= 15 is 0 Å². The monoisotopic (exact) mass is 359 g/mol. The van der Waals surface area contributed by atoms with Crippen LogP contribution >= 0.6 is 0 Å². The number of rotatable bonds is 4. The van der Waals surface area contributed by atoms with Gasteiger partial charge in [0.05, 0.1) is 12.5 Å². The summed E-state index contributed by atoms with van der Waals surface area (Å²) in [6.07, 6.45) is 11.6. The number of furan rings is 1. The summed E-state index contributed by atoms with van der Waals surface area (Å²) in [4.78, 5) is 11.5. The zero-order chi connectivity index (χ0) is 18.1. The molecule has 4 aromatic heterocycles. The first-order valence-corrected chi connectivity index (χ1v) is 9.35. The summed E-state index contributed by atoms with van der Waals surface area (Å²) < 4.78 is 7.09. The molecule has 4 aromatic rings. The average Bonchev–Trinajstić information content (AvgIpc) is 3.38. The molecule has 0 bridgehead atoms. The van der Waals surface area contributed by atoms with Gasteiger partial charge in [0.2, 0.25) is 0 Å². The van der Waals surface area contributed by atoms with E-state index < -0.39 is 0 Å². The van der Waals surface area contributed by atoms with Gasteiger partial charge in [0.25, 0.3) is 0 Å². The summed E-state index contributed by atoms with van der Waals surface area (Å²) in [5, 5.41) is 4.79. The van der Waals surface area contributed by atoms with E-state index in [1.54, 1.807) is 12.5 Å². The highest BCUT2D eigenvalue weighted by molar-refractivity contribution is 5.63. The summed E-state index contributed by atoms with van der Waals surface area (Å²) in [6.45, 7) is 3.02. The van der Waals surface area contributed by atoms with E-state index in [0.717, 1.165) is 48.7 Å². The molecule has 0 unspecified atom stereocenters. The predicted octanol–water partition coefficient (Wildman–Crippen LogP) is 3.76. The maximum Gasteiger partial charge on any atom is 0.156 e. The first-order valence-electron chi connectivity index (χ1n) is 9.35. The zero-order valence-electron chi connectivity index (χ0n) is 15.0. The highest BCUT2D eigenvalue weighted by atomic mass is 16.3. The minimum absolute atomic E-state index is 0.368. The van der Waals surface area contributed by atoms with Gasteiger partial charge in [0, 0.05) is 54.3 Å². The van der Waals surface area contributed by atoms with Crippen LogP contribution in [0.25, 0.3) is 16.8 Å². The Morgan fingerprint density at radius 3 is 3.00 bits per heavy atom. The maximum atomic E-state index is 5.20. The van der Waals surface area contributed by atoms with E-state index in [-0.39, 0.29) is 0 Å². The maximum absolute atomic E-state index is 5.20. The van der Waals surface area contributed by atoms with Crippen molar-refractivity contribution >= 4 is 5.65 Å². The molecule has 1 aliphatic heterocycles. The van der Waals surface area contributed by atoms with Crippen LogP contribution in [0.4, 0.5) is 0 Å². The fourth-order valence-corrected chi connectivity index (χ4v) is 3.83. The van der Waals surface area contributed by atoms with Gasteiger partial charge in [-0.1, -0.05) is 6.07 Å². The Kier molecular flexibility index (Phi) is 4.18. The van der Waals surface area contributed by atoms with Crippen molar-refractivity contribution < 1.29 is 4.42 Å². The molecule has 0 spiro atoms. The van der Waals surface area contributed by atoms with E-state index in [0.29, 0.717) is 5.92 Å². The Hall–Kier alpha value is -2.99. The number of aromatic nitrogens is 4. The summed E-state index contributed by atoms with van der Waals surface area (Å²) >= 11 is 0. The lowest BCUT2D eigenvalue weighted by molar-refractivity contribution is 0.196. The predicted molar refractivity (Wildman–Crippen MR) is 102 cm³/mol. The molecule has 1 aliphatic rings. The molecule has 6 nitrogen and oxygen atoms in total. The number of hydrogen-bond donors (Lipinski definition) is 0. The van der Waals surface area contributed by atoms with Gasteiger partial charge in [0.15, 0.2) is 11.5 Å². The Morgan fingerprint density at radius 2 is 2.15 bits per heavy atom. The van der Waals surface area contributed by atoms with Crippen LogP contribution in [-0.2, 0) is 6.54 Å². The quantitative estimate of drug-likeness (QED) is 0.555. The van der Waals surface area contributed by atoms with Crippen molar-refractivity contribution in [1.82, 2.24) is 24.5 Å². The van der Waals surface area contributed by atoms with E-state index in [9.17, 15) is 0 Å². The molecular formula is C21H21N5O. The largest absolute Gasteiger partial charge is 0.472 e. The molecular weight excluding hydrogens is 338 g/mol. The second-order valence-electron chi connectivity index (χ2n) is 7.14. The van der Waals surface area contributed by atoms with E-state index in [1.807, 2.05) is 41.4 Å². The highest BCUT2D eigenvalue weighted by Crippen LogP contribution is 2.27. The van der Waals surface area contributed by atoms with Crippen molar-refractivity contribution in [2.45, 2.75) is 25.3 Å². The van der Waals surface area contributed by atoms with Crippen molar-refractivity contribution in [2.75, 3.05) is 13.1 Å². The normalized spacial score (nSPS) is 18.1. The Bertz CT molecular complexity index is 1030. The Balaban J connectivity index is 1.38. The molecule has 6 heteroatoms. The van der Waals surface area contributed by atoms with Crippen molar-refractivity contribution in [1.29, 1.82) is 0 Å². The van der Waals surface area contributed by atoms with Crippen LogP contribution in [0.15, 0.2) is 65.9 Å². The molecule has 0 N–H and O–H groups in total. The summed E-state index contributed by atoms with van der Waals surface area (Å²) in [6, 6.07) is 10.2. The molecule has 5 heterocycles. The third-order valence-electron chi connectivity index (χ3n) is 5.20. The molecule has 136 valence electrons. The minimum Gasteiger partial charge on any atom is -0.472 e. The molecule has 0 radical (unpaired) electrons. The fraction of sp³-hybridized carbons (Fsp3) is 0.286. The van der Waals surface area contributed by atoms with Crippen LogP contribution < -0.4 is 0 Å². The smallest absolute Gasteiger partial charge is 0.156 e. The molecule has 1 fully saturated rings. The van der Waals surface area contributed by atoms with E-state index in [2.05, 4.69) is 22.0 Å². The highest BCUT2D eigenvalue weighted by Gasteiger charge is 2.25. The summed E-state index contributed by atoms with van der Waals surface area (Å²) in [7, 11) is 0. The first kappa shape index (κ1) is 16.2. The van der Waals surface area contributed by atoms with Gasteiger partial charge in [-0.25, -0.2) is 9.50 Å². The lowest BCUT2D eigenvalue weighted by Gasteiger charge is -2.30. The summed E-state index contributed by atoms with van der Waals surface area (Å²) in [5.41, 5.74) is 4.29. The van der Waals surface area contributed by atoms with Crippen LogP contribution in [0.2, 0.25) is 0 Å². The van der Waals surface area contributed by atoms with Crippen molar-refractivity contribution in [3.8, 4) is 11.1 Å². The fourth-order valence-electron chi connectivity index (χ4n) is 3.83. The zero-order valence-corrected chi connectivity index (χ0v) is 15.0. The Labute approximate surface area is 157 Å². The topological polar surface area (TPSA) is 59.5 Å². The third kappa shape index (κ3) is 3.36. The average molecular weight is 359 g/mol. The standard InChI is InChI=1S/C21H21N5O/c1-3-17(11-22-8-1)18-5-6-20-23-21(24-26(20)14-18)19-4-2-9-25(13-19)12-16-7-10-27-15-16/h1,3,5-8,10-11,14-15,19H,2,4,9,12-13H2/t19-/m1/s1. The van der Waals surface area contributed by atoms with Crippen molar-refractivity contribution in [3.63, 3.8) is 0 Å². The first-order chi connectivity index (χ1) is 13.3. The lowest BCUT2D eigenvalue weighted by Crippen LogP contribution is -2.34. The van der Waals surface area contributed by atoms with Gasteiger partial charge in [-0.3, -0.25) is 9.88 Å². The number of piperidine rings is 1. The van der Waals surface area contributed by atoms with Gasteiger partial charge in [-0.2, -0.15) is 5.10 Å². The van der Waals surface area contributed by atoms with Gasteiger partial charge < -0.3 is 4.42 Å². The van der Waals surface area contributed by atoms with E-state index in [4.69, 9.17) is 14.5 Å². The molecule has 27 heavy (non-hydrogen) atoms. The van der Waals surface area contributed by atoms with Crippen LogP contribution in [0.1, 0.15) is 30.1 Å². The van der Waals surface area contributed by atoms with Crippen molar-refractivity contribution in [2.24, 2.45) is 0 Å². The van der Waals surface area contributed by atoms with Crippen LogP contribution in [0.5, 0.6) is 0 Å². The third-order valence-corrected chi connectivity index (χ3v) is 5.20. The van der Waals surface area contributed by atoms with Gasteiger partial charge in [-0.05, 0) is 43.7 Å². The second kappa shape index (κ2) is 6.96. The van der Waals surface area contributed by atoms with Crippen LogP contribution in [-0.4, -0.2) is 37.6 Å². The van der Waals surface area contributed by atoms with E-state index in [1.165, 1.54) is 12.0 Å². The molecule has 0 aromatic carbocycles. The minimum atomic E-state index is 0.368. The number of pyridine rings is 2. The van der Waals surface area contributed by atoms with Crippen LogP contribution in [0, 0.1) is 0 Å². The molecule has 5 rings (SSSR count). The lowest BCUT2D eigenvalue weighted by atomic mass is 9.97. The molecule has 0 saturated carbocycles. The molecule has 0 aliphatic carbocycles.